The summed E-state index contributed by atoms with van der Waals surface area (Å²) in [6.45, 7) is 0. The number of benzene rings is 1. The quantitative estimate of drug-likeness (QED) is 0.665. The van der Waals surface area contributed by atoms with E-state index in [0.717, 1.165) is 13.2 Å². The van der Waals surface area contributed by atoms with Gasteiger partial charge in [0.25, 0.3) is 0 Å². The molecule has 3 nitrogen and oxygen atoms in total. The number of carbonyl (C=O) groups excluding carboxylic acids is 1. The molecule has 0 aromatic heterocycles. The molecule has 82 valence electrons. The lowest BCUT2D eigenvalue weighted by Gasteiger charge is -2.11. The van der Waals surface area contributed by atoms with E-state index >= 15 is 0 Å². The molecule has 0 fully saturated rings. The number of hydrogen-bond acceptors (Lipinski definition) is 3. The zero-order valence-corrected chi connectivity index (χ0v) is 9.22. The fraction of sp³-hybridized carbons (Fsp3) is 0.222. The largest absolute Gasteiger partial charge is 0.467 e. The Morgan fingerprint density at radius 1 is 1.53 bits per heavy atom. The summed E-state index contributed by atoms with van der Waals surface area (Å²) in [5.74, 6) is -2.76. The van der Waals surface area contributed by atoms with Gasteiger partial charge >= 0.3 is 5.97 Å². The monoisotopic (exact) mass is 280 g/mol. The van der Waals surface area contributed by atoms with E-state index < -0.39 is 23.7 Å². The maximum atomic E-state index is 13.0. The first kappa shape index (κ1) is 12.1. The molecule has 0 aliphatic rings. The van der Waals surface area contributed by atoms with Gasteiger partial charge in [-0.3, -0.25) is 0 Å². The lowest BCUT2D eigenvalue weighted by Crippen LogP contribution is -2.14. The highest BCUT2D eigenvalue weighted by atomic mass is 79.9. The van der Waals surface area contributed by atoms with E-state index in [-0.39, 0.29) is 10.0 Å². The minimum atomic E-state index is -1.71. The molecule has 1 atom stereocenters. The summed E-state index contributed by atoms with van der Waals surface area (Å²) in [7, 11) is 1.06. The second-order valence-electron chi connectivity index (χ2n) is 2.72. The van der Waals surface area contributed by atoms with Crippen LogP contribution in [-0.4, -0.2) is 18.2 Å². The highest BCUT2D eigenvalue weighted by molar-refractivity contribution is 9.10. The molecule has 1 aromatic rings. The van der Waals surface area contributed by atoms with Gasteiger partial charge in [-0.25, -0.2) is 13.6 Å². The van der Waals surface area contributed by atoms with Crippen LogP contribution in [0.25, 0.3) is 0 Å². The highest BCUT2D eigenvalue weighted by Crippen LogP contribution is 2.27. The van der Waals surface area contributed by atoms with Crippen LogP contribution in [0.3, 0.4) is 0 Å². The molecule has 0 aliphatic heterocycles. The zero-order chi connectivity index (χ0) is 11.6. The van der Waals surface area contributed by atoms with Gasteiger partial charge in [0.2, 0.25) is 0 Å². The highest BCUT2D eigenvalue weighted by Gasteiger charge is 2.23. The van der Waals surface area contributed by atoms with Gasteiger partial charge in [0.05, 0.1) is 11.6 Å². The molecule has 6 heteroatoms. The molecule has 1 aromatic carbocycles. The van der Waals surface area contributed by atoms with E-state index in [1.807, 2.05) is 0 Å². The van der Waals surface area contributed by atoms with E-state index in [4.69, 9.17) is 0 Å². The molecule has 0 heterocycles. The first-order valence-electron chi connectivity index (χ1n) is 3.87. The molecule has 0 spiro atoms. The first-order chi connectivity index (χ1) is 6.97. The van der Waals surface area contributed by atoms with Crippen LogP contribution in [0.1, 0.15) is 11.7 Å². The summed E-state index contributed by atoms with van der Waals surface area (Å²) in [6.07, 6.45) is -1.71. The van der Waals surface area contributed by atoms with Crippen molar-refractivity contribution in [2.45, 2.75) is 6.10 Å². The summed E-state index contributed by atoms with van der Waals surface area (Å²) >= 11 is 2.80. The lowest BCUT2D eigenvalue weighted by atomic mass is 10.1. The molecule has 0 radical (unpaired) electrons. The van der Waals surface area contributed by atoms with Crippen molar-refractivity contribution in [2.75, 3.05) is 7.11 Å². The van der Waals surface area contributed by atoms with Crippen molar-refractivity contribution in [3.05, 3.63) is 33.8 Å². The van der Waals surface area contributed by atoms with Crippen LogP contribution >= 0.6 is 15.9 Å². The maximum Gasteiger partial charge on any atom is 0.339 e. The van der Waals surface area contributed by atoms with Gasteiger partial charge in [0.15, 0.2) is 6.10 Å². The topological polar surface area (TPSA) is 46.5 Å². The number of rotatable bonds is 2. The van der Waals surface area contributed by atoms with E-state index in [1.165, 1.54) is 0 Å². The van der Waals surface area contributed by atoms with Crippen molar-refractivity contribution in [3.63, 3.8) is 0 Å². The van der Waals surface area contributed by atoms with Gasteiger partial charge in [0, 0.05) is 11.6 Å². The van der Waals surface area contributed by atoms with Crippen molar-refractivity contribution >= 4 is 21.9 Å². The van der Waals surface area contributed by atoms with E-state index in [1.54, 1.807) is 0 Å². The Labute approximate surface area is 92.8 Å². The summed E-state index contributed by atoms with van der Waals surface area (Å²) in [5.41, 5.74) is -0.209. The Hall–Kier alpha value is -1.01. The number of halogens is 3. The van der Waals surface area contributed by atoms with Gasteiger partial charge in [-0.2, -0.15) is 0 Å². The van der Waals surface area contributed by atoms with Crippen LogP contribution in [0.4, 0.5) is 8.78 Å². The average Bonchev–Trinajstić information content (AvgIpc) is 2.21. The molecule has 1 N–H and O–H groups in total. The van der Waals surface area contributed by atoms with Crippen LogP contribution < -0.4 is 0 Å². The fourth-order valence-electron chi connectivity index (χ4n) is 1.01. The molecule has 0 bridgehead atoms. The Balaban J connectivity index is 3.19. The number of ether oxygens (including phenoxy) is 1. The van der Waals surface area contributed by atoms with Gasteiger partial charge in [-0.1, -0.05) is 0 Å². The summed E-state index contributed by atoms with van der Waals surface area (Å²) < 4.78 is 29.9. The van der Waals surface area contributed by atoms with Crippen LogP contribution in [0.5, 0.6) is 0 Å². The van der Waals surface area contributed by atoms with Crippen molar-refractivity contribution in [2.24, 2.45) is 0 Å². The predicted molar refractivity (Wildman–Crippen MR) is 51.0 cm³/mol. The Kier molecular flexibility index (Phi) is 3.76. The number of hydrogen-bond donors (Lipinski definition) is 1. The third-order valence-corrected chi connectivity index (χ3v) is 2.58. The first-order valence-corrected chi connectivity index (χ1v) is 4.67. The van der Waals surface area contributed by atoms with Crippen molar-refractivity contribution in [1.82, 2.24) is 0 Å². The van der Waals surface area contributed by atoms with Crippen LogP contribution in [0.15, 0.2) is 16.6 Å². The molecule has 15 heavy (non-hydrogen) atoms. The van der Waals surface area contributed by atoms with Crippen LogP contribution in [-0.2, 0) is 9.53 Å². The minimum Gasteiger partial charge on any atom is -0.467 e. The predicted octanol–water partition coefficient (Wildman–Crippen LogP) is 1.93. The number of carbonyl (C=O) groups is 1. The van der Waals surface area contributed by atoms with Crippen LogP contribution in [0.2, 0.25) is 0 Å². The lowest BCUT2D eigenvalue weighted by molar-refractivity contribution is -0.150. The smallest absolute Gasteiger partial charge is 0.339 e. The summed E-state index contributed by atoms with van der Waals surface area (Å²) in [5, 5.41) is 9.38. The SMILES string of the molecule is COC(=O)C(O)c1cc(F)cc(F)c1Br. The number of aliphatic hydroxyl groups is 1. The molecule has 0 saturated carbocycles. The second-order valence-corrected chi connectivity index (χ2v) is 3.51. The molecule has 0 aliphatic carbocycles. The Morgan fingerprint density at radius 3 is 2.67 bits per heavy atom. The number of esters is 1. The standard InChI is InChI=1S/C9H7BrF2O3/c1-15-9(14)8(13)5-2-4(11)3-6(12)7(5)10/h2-3,8,13H,1H3. The number of methoxy groups -OCH3 is 1. The minimum absolute atomic E-state index is 0.165. The maximum absolute atomic E-state index is 13.0. The van der Waals surface area contributed by atoms with E-state index in [0.29, 0.717) is 6.07 Å². The Bertz CT molecular complexity index is 395. The third kappa shape index (κ3) is 2.51. The van der Waals surface area contributed by atoms with Gasteiger partial charge in [-0.05, 0) is 22.0 Å². The molecular formula is C9H7BrF2O3. The van der Waals surface area contributed by atoms with E-state index in [9.17, 15) is 18.7 Å². The van der Waals surface area contributed by atoms with Crippen LogP contribution in [0, 0.1) is 11.6 Å². The molecule has 0 saturated heterocycles. The number of aliphatic hydroxyl groups excluding tert-OH is 1. The average molecular weight is 281 g/mol. The van der Waals surface area contributed by atoms with Crippen molar-refractivity contribution in [1.29, 1.82) is 0 Å². The molecule has 1 unspecified atom stereocenters. The summed E-state index contributed by atoms with van der Waals surface area (Å²) in [4.78, 5) is 10.9. The molecule has 0 amide bonds. The molecular weight excluding hydrogens is 274 g/mol. The Morgan fingerprint density at radius 2 is 2.13 bits per heavy atom. The zero-order valence-electron chi connectivity index (χ0n) is 7.63. The second kappa shape index (κ2) is 4.67. The van der Waals surface area contributed by atoms with Crippen molar-refractivity contribution < 1.29 is 23.4 Å². The van der Waals surface area contributed by atoms with Crippen molar-refractivity contribution in [3.8, 4) is 0 Å². The molecule has 1 rings (SSSR count). The third-order valence-electron chi connectivity index (χ3n) is 1.74. The van der Waals surface area contributed by atoms with E-state index in [2.05, 4.69) is 20.7 Å². The normalized spacial score (nSPS) is 12.3. The van der Waals surface area contributed by atoms with Gasteiger partial charge < -0.3 is 9.84 Å². The van der Waals surface area contributed by atoms with Gasteiger partial charge in [-0.15, -0.1) is 0 Å². The van der Waals surface area contributed by atoms with Gasteiger partial charge in [0.1, 0.15) is 11.6 Å². The summed E-state index contributed by atoms with van der Waals surface area (Å²) in [6, 6.07) is 1.49. The fourth-order valence-corrected chi connectivity index (χ4v) is 1.46.